The summed E-state index contributed by atoms with van der Waals surface area (Å²) in [5.74, 6) is -0.525. The molecule has 0 aromatic heterocycles. The van der Waals surface area contributed by atoms with E-state index in [-0.39, 0.29) is 34.0 Å². The van der Waals surface area contributed by atoms with Crippen molar-refractivity contribution in [3.63, 3.8) is 0 Å². The Labute approximate surface area is 192 Å². The standard InChI is InChI=1S/C26H36O5Si/c1-14(2)17-22(31-32(8,9)24(3,4)5)20(28)19-21-18-16(23(29)30-21)15(27)10-11-25(18,6)12-13-26(17,19)7/h10-11,14,17,22H,12-13H2,1-9H3/t17-,22-,25+,26+/m0/s1. The van der Waals surface area contributed by atoms with Crippen molar-refractivity contribution in [1.82, 2.24) is 0 Å². The van der Waals surface area contributed by atoms with Crippen LogP contribution >= 0.6 is 0 Å². The fraction of sp³-hybridized carbons (Fsp3) is 0.654. The Hall–Kier alpha value is -1.79. The minimum Gasteiger partial charge on any atom is -0.422 e. The van der Waals surface area contributed by atoms with Crippen LogP contribution in [0.25, 0.3) is 0 Å². The zero-order valence-corrected chi connectivity index (χ0v) is 21.8. The maximum atomic E-state index is 14.1. The molecule has 3 aliphatic carbocycles. The first-order valence-electron chi connectivity index (χ1n) is 11.7. The fourth-order valence-corrected chi connectivity index (χ4v) is 7.21. The Morgan fingerprint density at radius 3 is 2.28 bits per heavy atom. The fourth-order valence-electron chi connectivity index (χ4n) is 5.97. The van der Waals surface area contributed by atoms with Gasteiger partial charge in [0.15, 0.2) is 19.9 Å². The monoisotopic (exact) mass is 456 g/mol. The van der Waals surface area contributed by atoms with E-state index >= 15 is 0 Å². The van der Waals surface area contributed by atoms with E-state index < -0.39 is 31.2 Å². The van der Waals surface area contributed by atoms with Crippen LogP contribution in [0.5, 0.6) is 0 Å². The van der Waals surface area contributed by atoms with Crippen molar-refractivity contribution in [3.8, 4) is 0 Å². The third-order valence-electron chi connectivity index (χ3n) is 8.77. The normalized spacial score (nSPS) is 34.9. The van der Waals surface area contributed by atoms with Gasteiger partial charge >= 0.3 is 5.97 Å². The minimum atomic E-state index is -2.23. The van der Waals surface area contributed by atoms with Crippen molar-refractivity contribution in [1.29, 1.82) is 0 Å². The quantitative estimate of drug-likeness (QED) is 0.328. The molecule has 1 heterocycles. The molecule has 0 radical (unpaired) electrons. The van der Waals surface area contributed by atoms with E-state index in [1.807, 2.05) is 13.0 Å². The number of esters is 1. The summed E-state index contributed by atoms with van der Waals surface area (Å²) in [5, 5.41) is -0.0349. The first kappa shape index (κ1) is 23.4. The highest BCUT2D eigenvalue weighted by atomic mass is 28.4. The molecule has 0 spiro atoms. The second-order valence-corrected chi connectivity index (χ2v) is 17.1. The first-order chi connectivity index (χ1) is 14.5. The maximum Gasteiger partial charge on any atom is 0.348 e. The summed E-state index contributed by atoms with van der Waals surface area (Å²) in [7, 11) is -2.23. The summed E-state index contributed by atoms with van der Waals surface area (Å²) in [4.78, 5) is 39.5. The van der Waals surface area contributed by atoms with Crippen molar-refractivity contribution in [2.45, 2.75) is 85.5 Å². The summed E-state index contributed by atoms with van der Waals surface area (Å²) in [6, 6.07) is 0. The molecule has 1 fully saturated rings. The summed E-state index contributed by atoms with van der Waals surface area (Å²) >= 11 is 0. The number of carbonyl (C=O) groups excluding carboxylic acids is 3. The molecule has 1 aliphatic heterocycles. The SMILES string of the molecule is CC(C)[C@H]1[C@H](O[Si](C)(C)C(C)(C)C)C(=O)C2=C3OC(=O)C4=C3[C@](C)(C=CC4=O)CC[C@@]21C. The first-order valence-corrected chi connectivity index (χ1v) is 14.6. The van der Waals surface area contributed by atoms with Crippen LogP contribution in [0.4, 0.5) is 0 Å². The van der Waals surface area contributed by atoms with Gasteiger partial charge in [0.25, 0.3) is 0 Å². The lowest BCUT2D eigenvalue weighted by Gasteiger charge is -2.42. The Morgan fingerprint density at radius 1 is 1.09 bits per heavy atom. The molecule has 1 saturated carbocycles. The highest BCUT2D eigenvalue weighted by Gasteiger charge is 2.63. The topological polar surface area (TPSA) is 69.7 Å². The zero-order valence-electron chi connectivity index (χ0n) is 20.8. The number of rotatable bonds is 3. The molecule has 174 valence electrons. The molecule has 4 atom stereocenters. The van der Waals surface area contributed by atoms with Gasteiger partial charge in [-0.25, -0.2) is 4.79 Å². The van der Waals surface area contributed by atoms with Gasteiger partial charge in [-0.1, -0.05) is 54.5 Å². The maximum absolute atomic E-state index is 14.1. The molecule has 6 heteroatoms. The molecule has 0 N–H and O–H groups in total. The van der Waals surface area contributed by atoms with E-state index in [9.17, 15) is 14.4 Å². The average Bonchev–Trinajstić information content (AvgIpc) is 3.06. The van der Waals surface area contributed by atoms with E-state index in [0.29, 0.717) is 16.9 Å². The number of hydrogen-bond donors (Lipinski definition) is 0. The number of ketones is 2. The van der Waals surface area contributed by atoms with Gasteiger partial charge < -0.3 is 9.16 Å². The Kier molecular flexibility index (Phi) is 5.01. The molecule has 0 saturated heterocycles. The molecule has 0 bridgehead atoms. The lowest BCUT2D eigenvalue weighted by molar-refractivity contribution is -0.134. The summed E-state index contributed by atoms with van der Waals surface area (Å²) in [5.41, 5.74) is 0.281. The lowest BCUT2D eigenvalue weighted by Crippen LogP contribution is -2.48. The smallest absolute Gasteiger partial charge is 0.348 e. The van der Waals surface area contributed by atoms with Crippen LogP contribution in [0.3, 0.4) is 0 Å². The third-order valence-corrected chi connectivity index (χ3v) is 13.2. The number of Topliss-reactive ketones (excluding diaryl/α,β-unsaturated/α-hetero) is 1. The molecule has 5 nitrogen and oxygen atoms in total. The minimum absolute atomic E-state index is 0.0292. The second kappa shape index (κ2) is 6.86. The van der Waals surface area contributed by atoms with Crippen LogP contribution in [-0.2, 0) is 23.5 Å². The van der Waals surface area contributed by atoms with E-state index in [4.69, 9.17) is 9.16 Å². The summed E-state index contributed by atoms with van der Waals surface area (Å²) in [6.07, 6.45) is 4.31. The van der Waals surface area contributed by atoms with Gasteiger partial charge in [0, 0.05) is 27.9 Å². The largest absolute Gasteiger partial charge is 0.422 e. The van der Waals surface area contributed by atoms with E-state index in [0.717, 1.165) is 12.8 Å². The molecule has 0 amide bonds. The van der Waals surface area contributed by atoms with Gasteiger partial charge in [-0.05, 0) is 43.0 Å². The van der Waals surface area contributed by atoms with Crippen LogP contribution in [0, 0.1) is 22.7 Å². The van der Waals surface area contributed by atoms with Gasteiger partial charge in [0.05, 0.1) is 0 Å². The number of carbonyl (C=O) groups is 3. The van der Waals surface area contributed by atoms with Gasteiger partial charge in [0.1, 0.15) is 17.4 Å². The van der Waals surface area contributed by atoms with Gasteiger partial charge in [-0.15, -0.1) is 0 Å². The predicted octanol–water partition coefficient (Wildman–Crippen LogP) is 5.28. The van der Waals surface area contributed by atoms with Crippen molar-refractivity contribution < 1.29 is 23.5 Å². The van der Waals surface area contributed by atoms with E-state index in [2.05, 4.69) is 54.6 Å². The van der Waals surface area contributed by atoms with Crippen molar-refractivity contribution in [2.75, 3.05) is 0 Å². The molecule has 0 aromatic carbocycles. The van der Waals surface area contributed by atoms with Crippen molar-refractivity contribution >= 4 is 25.9 Å². The molecule has 32 heavy (non-hydrogen) atoms. The number of allylic oxidation sites excluding steroid dienone is 3. The Morgan fingerprint density at radius 2 is 1.72 bits per heavy atom. The molecule has 0 unspecified atom stereocenters. The van der Waals surface area contributed by atoms with Crippen molar-refractivity contribution in [3.05, 3.63) is 34.6 Å². The van der Waals surface area contributed by atoms with Gasteiger partial charge in [0.2, 0.25) is 0 Å². The van der Waals surface area contributed by atoms with Gasteiger partial charge in [-0.3, -0.25) is 9.59 Å². The van der Waals surface area contributed by atoms with Crippen LogP contribution in [-0.4, -0.2) is 32.0 Å². The van der Waals surface area contributed by atoms with Crippen LogP contribution in [0.15, 0.2) is 34.6 Å². The lowest BCUT2D eigenvalue weighted by atomic mass is 9.67. The molecule has 0 aromatic rings. The van der Waals surface area contributed by atoms with Crippen LogP contribution in [0.2, 0.25) is 18.1 Å². The average molecular weight is 457 g/mol. The highest BCUT2D eigenvalue weighted by molar-refractivity contribution is 6.74. The van der Waals surface area contributed by atoms with Crippen molar-refractivity contribution in [2.24, 2.45) is 22.7 Å². The summed E-state index contributed by atoms with van der Waals surface area (Å²) < 4.78 is 12.5. The number of hydrogen-bond acceptors (Lipinski definition) is 5. The second-order valence-electron chi connectivity index (χ2n) is 12.3. The molecule has 4 aliphatic rings. The predicted molar refractivity (Wildman–Crippen MR) is 125 cm³/mol. The van der Waals surface area contributed by atoms with Crippen LogP contribution in [0.1, 0.15) is 61.3 Å². The molecular weight excluding hydrogens is 420 g/mol. The third kappa shape index (κ3) is 3.02. The zero-order chi connectivity index (χ0) is 24.0. The number of fused-ring (bicyclic) bond motifs is 1. The molecule has 4 rings (SSSR count). The van der Waals surface area contributed by atoms with E-state index in [1.54, 1.807) is 0 Å². The van der Waals surface area contributed by atoms with E-state index in [1.165, 1.54) is 6.08 Å². The number of ether oxygens (including phenoxy) is 1. The Balaban J connectivity index is 1.94. The summed E-state index contributed by atoms with van der Waals surface area (Å²) in [6.45, 7) is 19.3. The molecular formula is C26H36O5Si. The van der Waals surface area contributed by atoms with Crippen LogP contribution < -0.4 is 0 Å². The highest BCUT2D eigenvalue weighted by Crippen LogP contribution is 2.62. The van der Waals surface area contributed by atoms with Gasteiger partial charge in [-0.2, -0.15) is 0 Å². The Bertz CT molecular complexity index is 1020.